The average Bonchev–Trinajstić information content (AvgIpc) is 3.48. The van der Waals surface area contributed by atoms with Gasteiger partial charge in [-0.05, 0) is 86.5 Å². The van der Waals surface area contributed by atoms with Crippen LogP contribution in [0.25, 0.3) is 0 Å². The minimum absolute atomic E-state index is 0.0866. The first-order chi connectivity index (χ1) is 17.9. The molecule has 0 spiro atoms. The lowest BCUT2D eigenvalue weighted by molar-refractivity contribution is -0.143. The van der Waals surface area contributed by atoms with E-state index in [1.807, 2.05) is 0 Å². The van der Waals surface area contributed by atoms with Gasteiger partial charge in [0.1, 0.15) is 0 Å². The summed E-state index contributed by atoms with van der Waals surface area (Å²) in [5, 5.41) is 0. The quantitative estimate of drug-likeness (QED) is 0.107. The largest absolute Gasteiger partial charge is 0.466 e. The number of carbonyl (C=O) groups is 1. The Kier molecular flexibility index (Phi) is 13.2. The van der Waals surface area contributed by atoms with E-state index in [9.17, 15) is 13.2 Å². The first-order valence-corrected chi connectivity index (χ1v) is 16.8. The summed E-state index contributed by atoms with van der Waals surface area (Å²) in [4.78, 5) is 12.3. The summed E-state index contributed by atoms with van der Waals surface area (Å²) < 4.78 is 34.7. The number of carbonyl (C=O) groups excluding carboxylic acids is 1. The number of halogens is 1. The van der Waals surface area contributed by atoms with E-state index >= 15 is 0 Å². The lowest BCUT2D eigenvalue weighted by atomic mass is 9.79. The summed E-state index contributed by atoms with van der Waals surface area (Å²) >= 11 is 3.36. The number of sulfonamides is 1. The monoisotopic (exact) mass is 595 g/mol. The van der Waals surface area contributed by atoms with Gasteiger partial charge in [-0.3, -0.25) is 4.79 Å². The zero-order valence-corrected chi connectivity index (χ0v) is 24.9. The molecule has 2 aliphatic carbocycles. The van der Waals surface area contributed by atoms with E-state index in [2.05, 4.69) is 39.7 Å². The van der Waals surface area contributed by atoms with Crippen molar-refractivity contribution in [3.05, 3.63) is 40.9 Å². The molecule has 7 heteroatoms. The number of benzene rings is 1. The molecule has 37 heavy (non-hydrogen) atoms. The van der Waals surface area contributed by atoms with Gasteiger partial charge in [0.15, 0.2) is 0 Å². The lowest BCUT2D eigenvalue weighted by Gasteiger charge is -2.29. The summed E-state index contributed by atoms with van der Waals surface area (Å²) in [5.41, 5.74) is 0. The molecule has 0 aromatic heterocycles. The Morgan fingerprint density at radius 2 is 1.68 bits per heavy atom. The van der Waals surface area contributed by atoms with Crippen LogP contribution in [0.5, 0.6) is 0 Å². The highest BCUT2D eigenvalue weighted by Crippen LogP contribution is 2.52. The molecular weight excluding hydrogens is 550 g/mol. The molecule has 5 nitrogen and oxygen atoms in total. The molecule has 0 heterocycles. The molecule has 2 bridgehead atoms. The predicted octanol–water partition coefficient (Wildman–Crippen LogP) is 7.80. The summed E-state index contributed by atoms with van der Waals surface area (Å²) in [5.74, 6) is 1.92. The van der Waals surface area contributed by atoms with Gasteiger partial charge in [-0.2, -0.15) is 0 Å². The highest BCUT2D eigenvalue weighted by molar-refractivity contribution is 9.10. The van der Waals surface area contributed by atoms with Crippen LogP contribution in [0.1, 0.15) is 96.8 Å². The minimum Gasteiger partial charge on any atom is -0.466 e. The number of hydrogen-bond acceptors (Lipinski definition) is 4. The molecular formula is C30H46BrNO4S. The molecule has 0 aliphatic heterocycles. The maximum Gasteiger partial charge on any atom is 0.305 e. The minimum atomic E-state index is -3.51. The van der Waals surface area contributed by atoms with Crippen LogP contribution in [0.2, 0.25) is 0 Å². The van der Waals surface area contributed by atoms with Crippen LogP contribution in [0.3, 0.4) is 0 Å². The van der Waals surface area contributed by atoms with Gasteiger partial charge in [0.2, 0.25) is 10.0 Å². The van der Waals surface area contributed by atoms with Crippen LogP contribution in [0.4, 0.5) is 0 Å². The van der Waals surface area contributed by atoms with Crippen molar-refractivity contribution in [1.29, 1.82) is 0 Å². The third-order valence-corrected chi connectivity index (χ3v) is 10.1. The molecule has 2 fully saturated rings. The van der Waals surface area contributed by atoms with Crippen LogP contribution in [-0.2, 0) is 19.6 Å². The fourth-order valence-corrected chi connectivity index (χ4v) is 7.41. The van der Waals surface area contributed by atoms with Gasteiger partial charge in [0, 0.05) is 17.4 Å². The molecule has 0 amide bonds. The van der Waals surface area contributed by atoms with Crippen molar-refractivity contribution in [3.8, 4) is 0 Å². The van der Waals surface area contributed by atoms with Gasteiger partial charge in [-0.1, -0.05) is 80.0 Å². The van der Waals surface area contributed by atoms with E-state index in [0.717, 1.165) is 30.2 Å². The van der Waals surface area contributed by atoms with Crippen LogP contribution in [0, 0.1) is 23.7 Å². The molecule has 2 aliphatic rings. The van der Waals surface area contributed by atoms with E-state index in [0.29, 0.717) is 48.1 Å². The Hall–Kier alpha value is -1.18. The lowest BCUT2D eigenvalue weighted by Crippen LogP contribution is -2.35. The number of esters is 1. The van der Waals surface area contributed by atoms with E-state index in [1.165, 1.54) is 57.8 Å². The summed E-state index contributed by atoms with van der Waals surface area (Å²) in [7, 11) is -3.51. The molecule has 1 N–H and O–H groups in total. The SMILES string of the molecule is CCCCCCCCCCOC(=O)CCC/C=C\[C@@H]1[C@H]2CC[C@H](C2)[C@H]1CNS(=O)(=O)c1ccc(Br)cc1. The van der Waals surface area contributed by atoms with E-state index in [-0.39, 0.29) is 5.97 Å². The van der Waals surface area contributed by atoms with Crippen molar-refractivity contribution in [2.75, 3.05) is 13.2 Å². The second-order valence-corrected chi connectivity index (χ2v) is 13.6. The molecule has 0 unspecified atom stereocenters. The van der Waals surface area contributed by atoms with Gasteiger partial charge >= 0.3 is 5.97 Å². The Bertz CT molecular complexity index is 947. The zero-order valence-electron chi connectivity index (χ0n) is 22.5. The van der Waals surface area contributed by atoms with Crippen molar-refractivity contribution in [2.24, 2.45) is 23.7 Å². The predicted molar refractivity (Wildman–Crippen MR) is 154 cm³/mol. The maximum absolute atomic E-state index is 12.8. The standard InChI is InChI=1S/C30H46BrNO4S/c1-2-3-4-5-6-7-8-12-21-36-30(33)14-11-9-10-13-28-24-15-16-25(22-24)29(28)23-32-37(34,35)27-19-17-26(31)18-20-27/h10,13,17-20,24-25,28-29,32H,2-9,11-12,14-16,21-23H2,1H3/b13-10-/t24-,25+,28+,29+/m0/s1. The first-order valence-electron chi connectivity index (χ1n) is 14.5. The summed E-state index contributed by atoms with van der Waals surface area (Å²) in [6.07, 6.45) is 20.2. The third-order valence-electron chi connectivity index (χ3n) is 8.16. The molecule has 3 rings (SSSR count). The average molecular weight is 597 g/mol. The van der Waals surface area contributed by atoms with E-state index < -0.39 is 10.0 Å². The number of hydrogen-bond donors (Lipinski definition) is 1. The van der Waals surface area contributed by atoms with Crippen molar-refractivity contribution in [2.45, 2.75) is 102 Å². The van der Waals surface area contributed by atoms with Crippen molar-refractivity contribution >= 4 is 31.9 Å². The van der Waals surface area contributed by atoms with Crippen molar-refractivity contribution in [3.63, 3.8) is 0 Å². The van der Waals surface area contributed by atoms with Gasteiger partial charge in [0.25, 0.3) is 0 Å². The number of ether oxygens (including phenoxy) is 1. The third kappa shape index (κ3) is 10.1. The second kappa shape index (κ2) is 16.0. The number of nitrogens with one attached hydrogen (secondary N) is 1. The van der Waals surface area contributed by atoms with Gasteiger partial charge in [0.05, 0.1) is 11.5 Å². The molecule has 1 aromatic rings. The number of rotatable bonds is 18. The number of allylic oxidation sites excluding steroid dienone is 2. The van der Waals surface area contributed by atoms with E-state index in [1.54, 1.807) is 24.3 Å². The maximum atomic E-state index is 12.8. The summed E-state index contributed by atoms with van der Waals surface area (Å²) in [6, 6.07) is 6.77. The van der Waals surface area contributed by atoms with Crippen LogP contribution < -0.4 is 4.72 Å². The van der Waals surface area contributed by atoms with Crippen molar-refractivity contribution in [1.82, 2.24) is 4.72 Å². The Balaban J connectivity index is 1.31. The second-order valence-electron chi connectivity index (χ2n) is 10.9. The van der Waals surface area contributed by atoms with E-state index in [4.69, 9.17) is 4.74 Å². The molecule has 208 valence electrons. The number of unbranched alkanes of at least 4 members (excludes halogenated alkanes) is 8. The van der Waals surface area contributed by atoms with Crippen LogP contribution in [0.15, 0.2) is 45.8 Å². The Labute approximate surface area is 233 Å². The van der Waals surface area contributed by atoms with Crippen LogP contribution >= 0.6 is 15.9 Å². The van der Waals surface area contributed by atoms with Gasteiger partial charge < -0.3 is 4.74 Å². The molecule has 2 saturated carbocycles. The zero-order chi connectivity index (χ0) is 26.5. The molecule has 1 aromatic carbocycles. The topological polar surface area (TPSA) is 72.5 Å². The van der Waals surface area contributed by atoms with Crippen LogP contribution in [-0.4, -0.2) is 27.5 Å². The fourth-order valence-electron chi connectivity index (χ4n) is 6.07. The molecule has 0 saturated heterocycles. The fraction of sp³-hybridized carbons (Fsp3) is 0.700. The van der Waals surface area contributed by atoms with Crippen molar-refractivity contribution < 1.29 is 17.9 Å². The molecule has 0 radical (unpaired) electrons. The molecule has 4 atom stereocenters. The first kappa shape index (κ1) is 30.4. The summed E-state index contributed by atoms with van der Waals surface area (Å²) in [6.45, 7) is 3.27. The van der Waals surface area contributed by atoms with Gasteiger partial charge in [-0.25, -0.2) is 13.1 Å². The highest BCUT2D eigenvalue weighted by Gasteiger charge is 2.46. The van der Waals surface area contributed by atoms with Gasteiger partial charge in [-0.15, -0.1) is 0 Å². The Morgan fingerprint density at radius 1 is 1.00 bits per heavy atom. The highest BCUT2D eigenvalue weighted by atomic mass is 79.9. The number of fused-ring (bicyclic) bond motifs is 2. The normalized spacial score (nSPS) is 23.2. The Morgan fingerprint density at radius 3 is 2.41 bits per heavy atom. The smallest absolute Gasteiger partial charge is 0.305 e.